The van der Waals surface area contributed by atoms with E-state index >= 15 is 0 Å². The molecule has 0 radical (unpaired) electrons. The molecule has 0 atom stereocenters. The van der Waals surface area contributed by atoms with E-state index in [4.69, 9.17) is 10.4 Å². The number of nitrogens with zero attached hydrogens (tertiary/aromatic N) is 1. The van der Waals surface area contributed by atoms with Gasteiger partial charge in [0.25, 0.3) is 0 Å². The number of ketones is 1. The van der Waals surface area contributed by atoms with Gasteiger partial charge in [0.05, 0.1) is 11.6 Å². The monoisotopic (exact) mass is 201 g/mol. The van der Waals surface area contributed by atoms with Gasteiger partial charge in [-0.1, -0.05) is 12.1 Å². The fourth-order valence-electron chi connectivity index (χ4n) is 0.985. The van der Waals surface area contributed by atoms with Crippen LogP contribution in [0.1, 0.15) is 15.9 Å². The lowest BCUT2D eigenvalue weighted by molar-refractivity contribution is -0.131. The third-order valence-electron chi connectivity index (χ3n) is 1.65. The molecule has 0 unspecified atom stereocenters. The van der Waals surface area contributed by atoms with E-state index in [1.807, 2.05) is 6.07 Å². The predicted molar refractivity (Wildman–Crippen MR) is 52.3 cm³/mol. The Morgan fingerprint density at radius 3 is 2.67 bits per heavy atom. The lowest BCUT2D eigenvalue weighted by Gasteiger charge is -1.94. The summed E-state index contributed by atoms with van der Waals surface area (Å²) >= 11 is 0. The van der Waals surface area contributed by atoms with Crippen LogP contribution in [-0.2, 0) is 4.79 Å². The van der Waals surface area contributed by atoms with Crippen molar-refractivity contribution in [2.24, 2.45) is 0 Å². The lowest BCUT2D eigenvalue weighted by Crippen LogP contribution is -1.96. The molecule has 0 amide bonds. The highest BCUT2D eigenvalue weighted by molar-refractivity contribution is 6.06. The van der Waals surface area contributed by atoms with Crippen LogP contribution >= 0.6 is 0 Å². The minimum Gasteiger partial charge on any atom is -0.478 e. The number of allylic oxidation sites excluding steroid dienone is 1. The molecule has 1 aromatic rings. The highest BCUT2D eigenvalue weighted by Gasteiger charge is 2.02. The first-order valence-electron chi connectivity index (χ1n) is 4.09. The van der Waals surface area contributed by atoms with Crippen molar-refractivity contribution in [1.82, 2.24) is 0 Å². The molecule has 1 aromatic carbocycles. The largest absolute Gasteiger partial charge is 0.478 e. The summed E-state index contributed by atoms with van der Waals surface area (Å²) in [6, 6.07) is 7.97. The van der Waals surface area contributed by atoms with Crippen LogP contribution in [0.5, 0.6) is 0 Å². The standard InChI is InChI=1S/C11H7NO3/c12-7-8-2-1-3-9(6-8)10(13)4-5-11(14)15/h1-6H,(H,14,15)/b5-4+. The van der Waals surface area contributed by atoms with Gasteiger partial charge in [-0.05, 0) is 18.2 Å². The molecular weight excluding hydrogens is 194 g/mol. The van der Waals surface area contributed by atoms with Crippen LogP contribution in [0.25, 0.3) is 0 Å². The van der Waals surface area contributed by atoms with Crippen LogP contribution in [-0.4, -0.2) is 16.9 Å². The zero-order valence-corrected chi connectivity index (χ0v) is 7.68. The Labute approximate surface area is 86.1 Å². The van der Waals surface area contributed by atoms with E-state index < -0.39 is 11.8 Å². The number of nitriles is 1. The second kappa shape index (κ2) is 4.72. The number of hydrogen-bond acceptors (Lipinski definition) is 3. The third kappa shape index (κ3) is 3.08. The maximum absolute atomic E-state index is 11.4. The molecule has 74 valence electrons. The zero-order valence-electron chi connectivity index (χ0n) is 7.68. The topological polar surface area (TPSA) is 78.2 Å². The number of carbonyl (C=O) groups excluding carboxylic acids is 1. The first kappa shape index (κ1) is 10.7. The van der Waals surface area contributed by atoms with Crippen molar-refractivity contribution >= 4 is 11.8 Å². The zero-order chi connectivity index (χ0) is 11.3. The van der Waals surface area contributed by atoms with Crippen molar-refractivity contribution in [3.8, 4) is 6.07 Å². The molecular formula is C11H7NO3. The van der Waals surface area contributed by atoms with E-state index in [1.54, 1.807) is 12.1 Å². The SMILES string of the molecule is N#Cc1cccc(C(=O)/C=C/C(=O)O)c1. The van der Waals surface area contributed by atoms with Gasteiger partial charge in [0.2, 0.25) is 0 Å². The van der Waals surface area contributed by atoms with E-state index in [2.05, 4.69) is 0 Å². The van der Waals surface area contributed by atoms with E-state index in [1.165, 1.54) is 12.1 Å². The van der Waals surface area contributed by atoms with Crippen LogP contribution in [0.3, 0.4) is 0 Å². The summed E-state index contributed by atoms with van der Waals surface area (Å²) in [4.78, 5) is 21.5. The molecule has 0 fully saturated rings. The first-order valence-corrected chi connectivity index (χ1v) is 4.09. The first-order chi connectivity index (χ1) is 7.13. The lowest BCUT2D eigenvalue weighted by atomic mass is 10.1. The Balaban J connectivity index is 2.93. The molecule has 0 saturated heterocycles. The number of carboxylic acids is 1. The molecule has 0 aliphatic heterocycles. The van der Waals surface area contributed by atoms with Crippen molar-refractivity contribution in [3.63, 3.8) is 0 Å². The maximum Gasteiger partial charge on any atom is 0.328 e. The molecule has 1 N–H and O–H groups in total. The van der Waals surface area contributed by atoms with Crippen molar-refractivity contribution in [2.45, 2.75) is 0 Å². The molecule has 1 rings (SSSR count). The molecule has 0 aliphatic rings. The van der Waals surface area contributed by atoms with Gasteiger partial charge in [0, 0.05) is 11.6 Å². The van der Waals surface area contributed by atoms with Crippen LogP contribution in [0.4, 0.5) is 0 Å². The summed E-state index contributed by atoms with van der Waals surface area (Å²) < 4.78 is 0. The van der Waals surface area contributed by atoms with Gasteiger partial charge >= 0.3 is 5.97 Å². The van der Waals surface area contributed by atoms with Gasteiger partial charge in [0.1, 0.15) is 0 Å². The van der Waals surface area contributed by atoms with Gasteiger partial charge in [0.15, 0.2) is 5.78 Å². The van der Waals surface area contributed by atoms with Crippen LogP contribution in [0.15, 0.2) is 36.4 Å². The van der Waals surface area contributed by atoms with Crippen LogP contribution < -0.4 is 0 Å². The average molecular weight is 201 g/mol. The number of benzene rings is 1. The number of carbonyl (C=O) groups is 2. The van der Waals surface area contributed by atoms with Gasteiger partial charge in [-0.3, -0.25) is 4.79 Å². The maximum atomic E-state index is 11.4. The number of rotatable bonds is 3. The van der Waals surface area contributed by atoms with Gasteiger partial charge in [-0.15, -0.1) is 0 Å². The van der Waals surface area contributed by atoms with Crippen molar-refractivity contribution in [3.05, 3.63) is 47.5 Å². The second-order valence-corrected chi connectivity index (χ2v) is 2.73. The minimum absolute atomic E-state index is 0.298. The summed E-state index contributed by atoms with van der Waals surface area (Å²) in [5.41, 5.74) is 0.663. The molecule has 0 aliphatic carbocycles. The summed E-state index contributed by atoms with van der Waals surface area (Å²) in [6.07, 6.45) is 1.72. The summed E-state index contributed by atoms with van der Waals surface area (Å²) in [6.45, 7) is 0. The molecule has 0 heterocycles. The molecule has 15 heavy (non-hydrogen) atoms. The second-order valence-electron chi connectivity index (χ2n) is 2.73. The Bertz CT molecular complexity index is 469. The molecule has 0 spiro atoms. The quantitative estimate of drug-likeness (QED) is 0.591. The Kier molecular flexibility index (Phi) is 3.36. The van der Waals surface area contributed by atoms with Gasteiger partial charge in [-0.25, -0.2) is 4.79 Å². The third-order valence-corrected chi connectivity index (χ3v) is 1.65. The summed E-state index contributed by atoms with van der Waals surface area (Å²) in [7, 11) is 0. The van der Waals surface area contributed by atoms with E-state index in [-0.39, 0.29) is 0 Å². The van der Waals surface area contributed by atoms with Gasteiger partial charge < -0.3 is 5.11 Å². The number of aliphatic carboxylic acids is 1. The van der Waals surface area contributed by atoms with Gasteiger partial charge in [-0.2, -0.15) is 5.26 Å². The fraction of sp³-hybridized carbons (Fsp3) is 0. The van der Waals surface area contributed by atoms with E-state index in [0.717, 1.165) is 12.2 Å². The molecule has 0 saturated carbocycles. The van der Waals surface area contributed by atoms with Crippen molar-refractivity contribution in [1.29, 1.82) is 5.26 Å². The Morgan fingerprint density at radius 2 is 2.07 bits per heavy atom. The summed E-state index contributed by atoms with van der Waals surface area (Å²) in [5.74, 6) is -1.62. The Morgan fingerprint density at radius 1 is 1.33 bits per heavy atom. The van der Waals surface area contributed by atoms with E-state index in [9.17, 15) is 9.59 Å². The molecule has 4 nitrogen and oxygen atoms in total. The molecule has 0 aromatic heterocycles. The molecule has 0 bridgehead atoms. The summed E-state index contributed by atoms with van der Waals surface area (Å²) in [5, 5.41) is 16.9. The highest BCUT2D eigenvalue weighted by atomic mass is 16.4. The highest BCUT2D eigenvalue weighted by Crippen LogP contribution is 2.05. The molecule has 4 heteroatoms. The van der Waals surface area contributed by atoms with Crippen LogP contribution in [0.2, 0.25) is 0 Å². The van der Waals surface area contributed by atoms with E-state index in [0.29, 0.717) is 11.1 Å². The Hall–Kier alpha value is -2.41. The normalized spacial score (nSPS) is 9.80. The fourth-order valence-corrected chi connectivity index (χ4v) is 0.985. The number of hydrogen-bond donors (Lipinski definition) is 1. The minimum atomic E-state index is -1.18. The van der Waals surface area contributed by atoms with Crippen molar-refractivity contribution < 1.29 is 14.7 Å². The van der Waals surface area contributed by atoms with Crippen molar-refractivity contribution in [2.75, 3.05) is 0 Å². The number of carboxylic acid groups (broad SMARTS) is 1. The van der Waals surface area contributed by atoms with Crippen LogP contribution in [0, 0.1) is 11.3 Å². The smallest absolute Gasteiger partial charge is 0.328 e. The average Bonchev–Trinajstić information content (AvgIpc) is 2.26. The predicted octanol–water partition coefficient (Wildman–Crippen LogP) is 1.38.